The highest BCUT2D eigenvalue weighted by Gasteiger charge is 2.41. The first-order valence-electron chi connectivity index (χ1n) is 9.36. The molecular formula is C21H25FN2O2. The molecule has 3 atom stereocenters. The lowest BCUT2D eigenvalue weighted by Gasteiger charge is -2.19. The summed E-state index contributed by atoms with van der Waals surface area (Å²) >= 11 is 0. The molecular weight excluding hydrogens is 331 g/mol. The van der Waals surface area contributed by atoms with Crippen LogP contribution in [0.25, 0.3) is 0 Å². The van der Waals surface area contributed by atoms with Crippen molar-refractivity contribution in [2.75, 3.05) is 19.6 Å². The van der Waals surface area contributed by atoms with Gasteiger partial charge in [-0.2, -0.15) is 0 Å². The number of nitrogens with zero attached hydrogens (tertiary/aromatic N) is 2. The Balaban J connectivity index is 1.25. The van der Waals surface area contributed by atoms with Crippen LogP contribution in [0.4, 0.5) is 4.39 Å². The van der Waals surface area contributed by atoms with Crippen LogP contribution in [0.15, 0.2) is 36.5 Å². The minimum atomic E-state index is -0.536. The number of rotatable bonds is 5. The van der Waals surface area contributed by atoms with Gasteiger partial charge < -0.3 is 14.7 Å². The van der Waals surface area contributed by atoms with Gasteiger partial charge in [0.15, 0.2) is 11.6 Å². The van der Waals surface area contributed by atoms with Crippen molar-refractivity contribution in [1.82, 2.24) is 9.88 Å². The summed E-state index contributed by atoms with van der Waals surface area (Å²) in [5.74, 6) is 1.43. The molecule has 1 aliphatic heterocycles. The van der Waals surface area contributed by atoms with E-state index in [0.29, 0.717) is 17.9 Å². The van der Waals surface area contributed by atoms with Crippen molar-refractivity contribution in [3.8, 4) is 11.5 Å². The van der Waals surface area contributed by atoms with Crippen LogP contribution in [0.1, 0.15) is 24.1 Å². The summed E-state index contributed by atoms with van der Waals surface area (Å²) in [5, 5.41) is 9.28. The molecule has 138 valence electrons. The van der Waals surface area contributed by atoms with Crippen molar-refractivity contribution >= 4 is 0 Å². The molecule has 0 amide bonds. The molecule has 1 aromatic carbocycles. The Morgan fingerprint density at radius 3 is 2.62 bits per heavy atom. The Labute approximate surface area is 153 Å². The second-order valence-corrected chi connectivity index (χ2v) is 7.66. The Morgan fingerprint density at radius 2 is 1.96 bits per heavy atom. The van der Waals surface area contributed by atoms with Crippen LogP contribution < -0.4 is 4.74 Å². The summed E-state index contributed by atoms with van der Waals surface area (Å²) in [5.41, 5.74) is 1.94. The minimum Gasteiger partial charge on any atom is -0.505 e. The van der Waals surface area contributed by atoms with Gasteiger partial charge in [0.05, 0.1) is 12.3 Å². The van der Waals surface area contributed by atoms with Crippen LogP contribution in [0, 0.1) is 24.6 Å². The molecule has 0 radical (unpaired) electrons. The lowest BCUT2D eigenvalue weighted by atomic mass is 10.0. The van der Waals surface area contributed by atoms with Gasteiger partial charge in [-0.25, -0.2) is 4.39 Å². The average Bonchev–Trinajstić information content (AvgIpc) is 3.16. The number of aryl methyl sites for hydroxylation is 1. The zero-order valence-electron chi connectivity index (χ0n) is 15.1. The summed E-state index contributed by atoms with van der Waals surface area (Å²) in [6, 6.07) is 8.66. The number of hydrogen-bond acceptors (Lipinski definition) is 4. The van der Waals surface area contributed by atoms with E-state index >= 15 is 0 Å². The average molecular weight is 356 g/mol. The van der Waals surface area contributed by atoms with Gasteiger partial charge in [-0.05, 0) is 67.9 Å². The molecule has 0 bridgehead atoms. The zero-order valence-corrected chi connectivity index (χ0v) is 15.1. The van der Waals surface area contributed by atoms with E-state index in [1.165, 1.54) is 12.1 Å². The predicted octanol–water partition coefficient (Wildman–Crippen LogP) is 3.57. The first kappa shape index (κ1) is 17.3. The molecule has 1 aromatic heterocycles. The third-order valence-corrected chi connectivity index (χ3v) is 5.70. The Kier molecular flexibility index (Phi) is 4.81. The molecule has 2 aliphatic rings. The van der Waals surface area contributed by atoms with Crippen molar-refractivity contribution in [3.63, 3.8) is 0 Å². The first-order chi connectivity index (χ1) is 12.6. The molecule has 1 aliphatic carbocycles. The number of ether oxygens (including phenoxy) is 1. The summed E-state index contributed by atoms with van der Waals surface area (Å²) in [6.07, 6.45) is 5.12. The number of aromatic hydroxyl groups is 1. The van der Waals surface area contributed by atoms with Crippen LogP contribution in [-0.4, -0.2) is 40.7 Å². The topological polar surface area (TPSA) is 45.6 Å². The van der Waals surface area contributed by atoms with E-state index in [2.05, 4.69) is 9.88 Å². The van der Waals surface area contributed by atoms with Gasteiger partial charge >= 0.3 is 0 Å². The second-order valence-electron chi connectivity index (χ2n) is 7.66. The fourth-order valence-corrected chi connectivity index (χ4v) is 4.33. The van der Waals surface area contributed by atoms with Crippen LogP contribution in [-0.2, 0) is 6.42 Å². The molecule has 1 unspecified atom stereocenters. The predicted molar refractivity (Wildman–Crippen MR) is 97.8 cm³/mol. The highest BCUT2D eigenvalue weighted by atomic mass is 19.1. The maximum absolute atomic E-state index is 13.4. The zero-order chi connectivity index (χ0) is 18.1. The van der Waals surface area contributed by atoms with Gasteiger partial charge in [0.2, 0.25) is 0 Å². The van der Waals surface area contributed by atoms with E-state index in [0.717, 1.165) is 55.9 Å². The summed E-state index contributed by atoms with van der Waals surface area (Å²) in [6.45, 7) is 5.10. The Bertz CT molecular complexity index is 751. The fourth-order valence-electron chi connectivity index (χ4n) is 4.33. The summed E-state index contributed by atoms with van der Waals surface area (Å²) < 4.78 is 19.5. The number of phenols is 1. The molecule has 1 saturated heterocycles. The van der Waals surface area contributed by atoms with Gasteiger partial charge in [-0.3, -0.25) is 4.98 Å². The number of pyridine rings is 1. The van der Waals surface area contributed by atoms with Crippen molar-refractivity contribution in [2.24, 2.45) is 11.8 Å². The molecule has 5 heteroatoms. The molecule has 2 aromatic rings. The van der Waals surface area contributed by atoms with Gasteiger partial charge in [-0.15, -0.1) is 0 Å². The smallest absolute Gasteiger partial charge is 0.165 e. The highest BCUT2D eigenvalue weighted by molar-refractivity contribution is 5.28. The molecule has 1 saturated carbocycles. The van der Waals surface area contributed by atoms with Crippen molar-refractivity contribution in [2.45, 2.75) is 32.3 Å². The molecule has 2 heterocycles. The Hall–Kier alpha value is -2.14. The summed E-state index contributed by atoms with van der Waals surface area (Å²) in [7, 11) is 0. The molecule has 4 nitrogen and oxygen atoms in total. The molecule has 4 rings (SSSR count). The number of fused-ring (bicyclic) bond motifs is 1. The minimum absolute atomic E-state index is 0.278. The number of halogens is 1. The van der Waals surface area contributed by atoms with E-state index < -0.39 is 5.82 Å². The van der Waals surface area contributed by atoms with Crippen LogP contribution in [0.5, 0.6) is 11.5 Å². The first-order valence-corrected chi connectivity index (χ1v) is 9.36. The lowest BCUT2D eigenvalue weighted by Crippen LogP contribution is -2.26. The normalized spacial score (nSPS) is 25.4. The lowest BCUT2D eigenvalue weighted by molar-refractivity contribution is 0.185. The third-order valence-electron chi connectivity index (χ3n) is 5.70. The Morgan fingerprint density at radius 1 is 1.19 bits per heavy atom. The van der Waals surface area contributed by atoms with Crippen molar-refractivity contribution in [3.05, 3.63) is 53.6 Å². The van der Waals surface area contributed by atoms with Crippen LogP contribution >= 0.6 is 0 Å². The van der Waals surface area contributed by atoms with Crippen LogP contribution in [0.3, 0.4) is 0 Å². The second kappa shape index (κ2) is 7.23. The monoisotopic (exact) mass is 356 g/mol. The van der Waals surface area contributed by atoms with E-state index in [1.54, 1.807) is 6.07 Å². The van der Waals surface area contributed by atoms with E-state index in [-0.39, 0.29) is 5.75 Å². The highest BCUT2D eigenvalue weighted by Crippen LogP contribution is 2.39. The standard InChI is InChI=1S/C21H25FN2O2/c1-14-2-4-18(11-23-14)26-19-9-16-12-24(13-17(16)10-19)7-6-15-3-5-21(25)20(22)8-15/h2-5,8,11,16-17,19,25H,6-7,9-10,12-13H2,1H3/t16-,17+,19?. The van der Waals surface area contributed by atoms with Gasteiger partial charge in [-0.1, -0.05) is 6.07 Å². The quantitative estimate of drug-likeness (QED) is 0.890. The van der Waals surface area contributed by atoms with Crippen LogP contribution in [0.2, 0.25) is 0 Å². The SMILES string of the molecule is Cc1ccc(OC2C[C@@H]3CN(CCc4ccc(O)c(F)c4)C[C@@H]3C2)cn1. The number of hydrogen-bond donors (Lipinski definition) is 1. The van der Waals surface area contributed by atoms with Crippen molar-refractivity contribution in [1.29, 1.82) is 0 Å². The number of phenolic OH excluding ortho intramolecular Hbond substituents is 1. The van der Waals surface area contributed by atoms with Gasteiger partial charge in [0.1, 0.15) is 5.75 Å². The number of aromatic nitrogens is 1. The number of benzene rings is 1. The van der Waals surface area contributed by atoms with Crippen molar-refractivity contribution < 1.29 is 14.2 Å². The largest absolute Gasteiger partial charge is 0.505 e. The molecule has 0 spiro atoms. The molecule has 26 heavy (non-hydrogen) atoms. The number of likely N-dealkylation sites (tertiary alicyclic amines) is 1. The summed E-state index contributed by atoms with van der Waals surface area (Å²) in [4.78, 5) is 6.77. The molecule has 1 N–H and O–H groups in total. The van der Waals surface area contributed by atoms with E-state index in [4.69, 9.17) is 4.74 Å². The van der Waals surface area contributed by atoms with Gasteiger partial charge in [0, 0.05) is 25.3 Å². The third kappa shape index (κ3) is 3.83. The molecule has 2 fully saturated rings. The fraction of sp³-hybridized carbons (Fsp3) is 0.476. The maximum Gasteiger partial charge on any atom is 0.165 e. The van der Waals surface area contributed by atoms with Gasteiger partial charge in [0.25, 0.3) is 0 Å². The van der Waals surface area contributed by atoms with E-state index in [9.17, 15) is 9.50 Å². The van der Waals surface area contributed by atoms with E-state index in [1.807, 2.05) is 25.3 Å². The maximum atomic E-state index is 13.4.